The van der Waals surface area contributed by atoms with Gasteiger partial charge in [0.15, 0.2) is 0 Å². The van der Waals surface area contributed by atoms with E-state index in [0.29, 0.717) is 42.9 Å². The van der Waals surface area contributed by atoms with E-state index in [1.54, 1.807) is 13.1 Å². The minimum Gasteiger partial charge on any atom is -0.480 e. The molecule has 2 saturated heterocycles. The first-order chi connectivity index (χ1) is 21.4. The molecular formula is C30H29F2N5O7S. The van der Waals surface area contributed by atoms with Gasteiger partial charge in [0.2, 0.25) is 5.91 Å². The predicted molar refractivity (Wildman–Crippen MR) is 158 cm³/mol. The lowest BCUT2D eigenvalue weighted by Gasteiger charge is -2.45. The second-order valence-electron chi connectivity index (χ2n) is 10.7. The van der Waals surface area contributed by atoms with Gasteiger partial charge in [0.1, 0.15) is 17.7 Å². The highest BCUT2D eigenvalue weighted by molar-refractivity contribution is 7.92. The molecule has 2 heterocycles. The minimum atomic E-state index is -4.26. The molecule has 4 N–H and O–H groups in total. The van der Waals surface area contributed by atoms with E-state index in [1.807, 2.05) is 4.72 Å². The second kappa shape index (κ2) is 12.6. The molecule has 0 aliphatic carbocycles. The Labute approximate surface area is 257 Å². The van der Waals surface area contributed by atoms with Crippen molar-refractivity contribution >= 4 is 45.2 Å². The number of nitrogens with zero attached hydrogens (tertiary/aromatic N) is 2. The lowest BCUT2D eigenvalue weighted by Crippen LogP contribution is -2.65. The molecule has 236 valence electrons. The summed E-state index contributed by atoms with van der Waals surface area (Å²) in [6.07, 6.45) is 0.310. The largest absolute Gasteiger partial charge is 0.480 e. The number of anilines is 2. The number of sulfonamides is 1. The number of piperidine rings is 1. The number of carbonyl (C=O) groups is 4. The zero-order valence-electron chi connectivity index (χ0n) is 23.9. The van der Waals surface area contributed by atoms with Crippen molar-refractivity contribution in [2.75, 3.05) is 29.8 Å². The lowest BCUT2D eigenvalue weighted by molar-refractivity contribution is -0.139. The smallest absolute Gasteiger partial charge is 0.331 e. The molecule has 2 aliphatic heterocycles. The van der Waals surface area contributed by atoms with Crippen LogP contribution in [0.25, 0.3) is 0 Å². The van der Waals surface area contributed by atoms with Crippen LogP contribution in [-0.4, -0.2) is 74.5 Å². The van der Waals surface area contributed by atoms with Gasteiger partial charge >= 0.3 is 12.0 Å². The maximum absolute atomic E-state index is 14.9. The van der Waals surface area contributed by atoms with E-state index in [0.717, 1.165) is 4.90 Å². The van der Waals surface area contributed by atoms with Crippen LogP contribution >= 0.6 is 0 Å². The quantitative estimate of drug-likeness (QED) is 0.277. The Hall–Kier alpha value is -4.89. The van der Waals surface area contributed by atoms with E-state index >= 15 is 0 Å². The Morgan fingerprint density at radius 3 is 2.40 bits per heavy atom. The summed E-state index contributed by atoms with van der Waals surface area (Å²) in [5.41, 5.74) is -0.864. The van der Waals surface area contributed by atoms with E-state index < -0.39 is 56.9 Å². The third-order valence-corrected chi connectivity index (χ3v) is 9.20. The van der Waals surface area contributed by atoms with Crippen LogP contribution in [0.15, 0.2) is 71.6 Å². The number of hydrogen-bond donors (Lipinski definition) is 4. The number of rotatable bonds is 9. The number of carboxylic acids is 1. The third kappa shape index (κ3) is 6.49. The number of likely N-dealkylation sites (N-methyl/N-ethyl adjacent to an activating group) is 1. The summed E-state index contributed by atoms with van der Waals surface area (Å²) in [7, 11) is -2.62. The van der Waals surface area contributed by atoms with Gasteiger partial charge in [-0.2, -0.15) is 0 Å². The maximum Gasteiger partial charge on any atom is 0.331 e. The number of amides is 4. The van der Waals surface area contributed by atoms with E-state index in [9.17, 15) is 41.5 Å². The van der Waals surface area contributed by atoms with Crippen LogP contribution < -0.4 is 20.3 Å². The second-order valence-corrected chi connectivity index (χ2v) is 12.4. The lowest BCUT2D eigenvalue weighted by atomic mass is 9.88. The Morgan fingerprint density at radius 1 is 1.04 bits per heavy atom. The molecule has 0 radical (unpaired) electrons. The SMILES string of the molecule is CN1C(=O)N(c2ccc(C[C@H](NC(=O)c3cc(F)c(NS(=O)(=O)c4ccccc4)cc3F)C(=O)O)cc2)C(=O)C2CCNCC21. The van der Waals surface area contributed by atoms with Crippen molar-refractivity contribution in [3.05, 3.63) is 89.5 Å². The van der Waals surface area contributed by atoms with Gasteiger partial charge in [0.25, 0.3) is 15.9 Å². The first-order valence-corrected chi connectivity index (χ1v) is 15.4. The van der Waals surface area contributed by atoms with Crippen LogP contribution in [0, 0.1) is 17.6 Å². The number of hydrogen-bond acceptors (Lipinski definition) is 7. The summed E-state index contributed by atoms with van der Waals surface area (Å²) in [5, 5.41) is 15.1. The number of urea groups is 1. The molecule has 45 heavy (non-hydrogen) atoms. The fourth-order valence-corrected chi connectivity index (χ4v) is 6.47. The van der Waals surface area contributed by atoms with Crippen molar-refractivity contribution in [2.45, 2.75) is 29.8 Å². The maximum atomic E-state index is 14.9. The summed E-state index contributed by atoms with van der Waals surface area (Å²) in [4.78, 5) is 53.4. The number of imide groups is 1. The van der Waals surface area contributed by atoms with E-state index in [4.69, 9.17) is 0 Å². The van der Waals surface area contributed by atoms with Gasteiger partial charge in [-0.25, -0.2) is 31.7 Å². The van der Waals surface area contributed by atoms with Crippen molar-refractivity contribution in [1.29, 1.82) is 0 Å². The number of nitrogens with one attached hydrogen (secondary N) is 3. The summed E-state index contributed by atoms with van der Waals surface area (Å²) in [6, 6.07) is 11.6. The van der Waals surface area contributed by atoms with Gasteiger partial charge in [-0.1, -0.05) is 30.3 Å². The number of benzene rings is 3. The molecule has 2 fully saturated rings. The molecular weight excluding hydrogens is 612 g/mol. The van der Waals surface area contributed by atoms with E-state index in [2.05, 4.69) is 10.6 Å². The topological polar surface area (TPSA) is 165 Å². The van der Waals surface area contributed by atoms with Gasteiger partial charge in [0.05, 0.1) is 33.8 Å². The Balaban J connectivity index is 1.28. The van der Waals surface area contributed by atoms with E-state index in [-0.39, 0.29) is 29.2 Å². The van der Waals surface area contributed by atoms with Crippen LogP contribution in [0.4, 0.5) is 25.0 Å². The molecule has 0 bridgehead atoms. The molecule has 15 heteroatoms. The highest BCUT2D eigenvalue weighted by atomic mass is 32.2. The molecule has 3 atom stereocenters. The number of carboxylic acid groups (broad SMARTS) is 1. The zero-order valence-corrected chi connectivity index (χ0v) is 24.7. The van der Waals surface area contributed by atoms with Crippen molar-refractivity contribution in [1.82, 2.24) is 15.5 Å². The number of carbonyl (C=O) groups excluding carboxylic acids is 3. The number of halogens is 2. The first-order valence-electron chi connectivity index (χ1n) is 13.9. The van der Waals surface area contributed by atoms with E-state index in [1.165, 1.54) is 53.4 Å². The average Bonchev–Trinajstić information content (AvgIpc) is 3.02. The minimum absolute atomic E-state index is 0.194. The normalized spacial score (nSPS) is 19.1. The zero-order chi connectivity index (χ0) is 32.5. The molecule has 12 nitrogen and oxygen atoms in total. The molecule has 4 amide bonds. The summed E-state index contributed by atoms with van der Waals surface area (Å²) < 4.78 is 56.6. The van der Waals surface area contributed by atoms with Crippen molar-refractivity contribution in [3.8, 4) is 0 Å². The Bertz CT molecular complexity index is 1760. The van der Waals surface area contributed by atoms with Crippen LogP contribution in [-0.2, 0) is 26.0 Å². The molecule has 2 aliphatic rings. The molecule has 0 saturated carbocycles. The molecule has 5 rings (SSSR count). The van der Waals surface area contributed by atoms with Crippen molar-refractivity contribution in [2.24, 2.45) is 5.92 Å². The highest BCUT2D eigenvalue weighted by Crippen LogP contribution is 2.30. The standard InChI is InChI=1S/C30H29F2N5O7S/c1-36-26-16-33-12-11-20(26)28(39)37(30(36)42)18-9-7-17(8-10-18)13-25(29(40)41)34-27(38)21-14-23(32)24(15-22(21)31)35-45(43,44)19-5-3-2-4-6-19/h2-10,14-15,20,25-26,33,35H,11-13,16H2,1H3,(H,34,38)(H,40,41)/t20?,25-,26?/m0/s1. The number of fused-ring (bicyclic) bond motifs is 1. The molecule has 3 aromatic rings. The summed E-state index contributed by atoms with van der Waals surface area (Å²) >= 11 is 0. The van der Waals surface area contributed by atoms with Crippen LogP contribution in [0.3, 0.4) is 0 Å². The van der Waals surface area contributed by atoms with Gasteiger partial charge in [-0.3, -0.25) is 14.3 Å². The van der Waals surface area contributed by atoms with Crippen LogP contribution in [0.1, 0.15) is 22.3 Å². The van der Waals surface area contributed by atoms with Crippen LogP contribution in [0.2, 0.25) is 0 Å². The molecule has 0 aromatic heterocycles. The molecule has 3 aromatic carbocycles. The summed E-state index contributed by atoms with van der Waals surface area (Å²) in [5.74, 6) is -5.92. The molecule has 2 unspecified atom stereocenters. The van der Waals surface area contributed by atoms with Crippen LogP contribution in [0.5, 0.6) is 0 Å². The van der Waals surface area contributed by atoms with Gasteiger partial charge in [-0.05, 0) is 48.9 Å². The predicted octanol–water partition coefficient (Wildman–Crippen LogP) is 2.57. The highest BCUT2D eigenvalue weighted by Gasteiger charge is 2.46. The van der Waals surface area contributed by atoms with Gasteiger partial charge in [0, 0.05) is 26.1 Å². The Morgan fingerprint density at radius 2 is 1.73 bits per heavy atom. The third-order valence-electron chi connectivity index (χ3n) is 7.82. The monoisotopic (exact) mass is 641 g/mol. The average molecular weight is 642 g/mol. The Kier molecular flexibility index (Phi) is 8.84. The fraction of sp³-hybridized carbons (Fsp3) is 0.267. The number of aliphatic carboxylic acids is 1. The molecule has 0 spiro atoms. The van der Waals surface area contributed by atoms with Crippen molar-refractivity contribution in [3.63, 3.8) is 0 Å². The van der Waals surface area contributed by atoms with Gasteiger partial charge < -0.3 is 20.6 Å². The van der Waals surface area contributed by atoms with Gasteiger partial charge in [-0.15, -0.1) is 0 Å². The fourth-order valence-electron chi connectivity index (χ4n) is 5.39. The summed E-state index contributed by atoms with van der Waals surface area (Å²) in [6.45, 7) is 1.17. The first kappa shape index (κ1) is 31.5. The van der Waals surface area contributed by atoms with Crippen molar-refractivity contribution < 1.29 is 41.5 Å².